The van der Waals surface area contributed by atoms with Gasteiger partial charge in [0.15, 0.2) is 5.96 Å². The average Bonchev–Trinajstić information content (AvgIpc) is 3.13. The van der Waals surface area contributed by atoms with Gasteiger partial charge in [-0.3, -0.25) is 14.7 Å². The molecule has 0 spiro atoms. The molecule has 3 N–H and O–H groups in total. The van der Waals surface area contributed by atoms with Gasteiger partial charge < -0.3 is 16.0 Å². The summed E-state index contributed by atoms with van der Waals surface area (Å²) in [6.45, 7) is 10.5. The molecular formula is C22H37N5O. The molecule has 1 saturated heterocycles. The monoisotopic (exact) mass is 387 g/mol. The average molecular weight is 388 g/mol. The van der Waals surface area contributed by atoms with E-state index in [1.54, 1.807) is 0 Å². The Bertz CT molecular complexity index is 604. The van der Waals surface area contributed by atoms with E-state index in [2.05, 4.69) is 65.0 Å². The van der Waals surface area contributed by atoms with Gasteiger partial charge in [0.05, 0.1) is 6.54 Å². The summed E-state index contributed by atoms with van der Waals surface area (Å²) >= 11 is 0. The third-order valence-electron chi connectivity index (χ3n) is 5.20. The molecule has 1 heterocycles. The van der Waals surface area contributed by atoms with Crippen molar-refractivity contribution in [3.63, 3.8) is 0 Å². The summed E-state index contributed by atoms with van der Waals surface area (Å²) in [5.74, 6) is 0.882. The molecule has 2 rings (SSSR count). The Morgan fingerprint density at radius 1 is 1.25 bits per heavy atom. The quantitative estimate of drug-likeness (QED) is 0.426. The zero-order chi connectivity index (χ0) is 20.2. The van der Waals surface area contributed by atoms with Crippen LogP contribution in [-0.4, -0.2) is 55.0 Å². The highest BCUT2D eigenvalue weighted by molar-refractivity contribution is 5.81. The molecule has 0 saturated carbocycles. The number of hydrogen-bond acceptors (Lipinski definition) is 3. The zero-order valence-electron chi connectivity index (χ0n) is 17.7. The van der Waals surface area contributed by atoms with Gasteiger partial charge in [0, 0.05) is 38.1 Å². The Labute approximate surface area is 170 Å². The van der Waals surface area contributed by atoms with Gasteiger partial charge in [0.2, 0.25) is 5.91 Å². The Kier molecular flexibility index (Phi) is 9.83. The van der Waals surface area contributed by atoms with Crippen LogP contribution in [0.5, 0.6) is 0 Å². The summed E-state index contributed by atoms with van der Waals surface area (Å²) in [5, 5.41) is 9.57. The van der Waals surface area contributed by atoms with Crippen LogP contribution in [0, 0.1) is 0 Å². The highest BCUT2D eigenvalue weighted by atomic mass is 16.1. The van der Waals surface area contributed by atoms with Crippen molar-refractivity contribution in [2.45, 2.75) is 65.1 Å². The molecule has 1 aliphatic rings. The van der Waals surface area contributed by atoms with E-state index in [0.717, 1.165) is 38.6 Å². The van der Waals surface area contributed by atoms with Crippen LogP contribution in [0.25, 0.3) is 0 Å². The van der Waals surface area contributed by atoms with Crippen molar-refractivity contribution in [2.75, 3.05) is 26.2 Å². The summed E-state index contributed by atoms with van der Waals surface area (Å²) in [6.07, 6.45) is 3.82. The molecule has 1 aliphatic heterocycles. The van der Waals surface area contributed by atoms with Crippen LogP contribution < -0.4 is 16.0 Å². The van der Waals surface area contributed by atoms with Crippen molar-refractivity contribution in [3.8, 4) is 0 Å². The topological polar surface area (TPSA) is 68.8 Å². The highest BCUT2D eigenvalue weighted by Gasteiger charge is 2.24. The molecular weight excluding hydrogens is 350 g/mol. The van der Waals surface area contributed by atoms with E-state index in [1.165, 1.54) is 18.4 Å². The normalized spacial score (nSPS) is 18.7. The van der Waals surface area contributed by atoms with E-state index in [0.29, 0.717) is 19.0 Å². The molecule has 0 radical (unpaired) electrons. The maximum Gasteiger partial charge on any atom is 0.221 e. The van der Waals surface area contributed by atoms with E-state index in [-0.39, 0.29) is 11.9 Å². The Balaban J connectivity index is 1.81. The van der Waals surface area contributed by atoms with Crippen LogP contribution in [0.3, 0.4) is 0 Å². The van der Waals surface area contributed by atoms with Gasteiger partial charge in [-0.1, -0.05) is 37.3 Å². The molecule has 28 heavy (non-hydrogen) atoms. The van der Waals surface area contributed by atoms with E-state index >= 15 is 0 Å². The lowest BCUT2D eigenvalue weighted by Crippen LogP contribution is -2.41. The minimum atomic E-state index is 0.0857. The minimum Gasteiger partial charge on any atom is -0.357 e. The van der Waals surface area contributed by atoms with Crippen LogP contribution in [0.1, 0.15) is 52.0 Å². The number of rotatable bonds is 10. The summed E-state index contributed by atoms with van der Waals surface area (Å²) in [4.78, 5) is 19.2. The molecule has 1 amide bonds. The molecule has 6 heteroatoms. The highest BCUT2D eigenvalue weighted by Crippen LogP contribution is 2.20. The smallest absolute Gasteiger partial charge is 0.221 e. The number of amides is 1. The first kappa shape index (κ1) is 22.2. The molecule has 0 aromatic heterocycles. The SMILES string of the molecule is CCNC(=NCC1CCCN1Cc1ccccc1)NCCC(=O)NC(C)CC. The first-order valence-corrected chi connectivity index (χ1v) is 10.7. The van der Waals surface area contributed by atoms with Gasteiger partial charge >= 0.3 is 0 Å². The number of carbonyl (C=O) groups is 1. The molecule has 2 atom stereocenters. The number of guanidine groups is 1. The fourth-order valence-electron chi connectivity index (χ4n) is 3.41. The summed E-state index contributed by atoms with van der Waals surface area (Å²) < 4.78 is 0. The van der Waals surface area contributed by atoms with Gasteiger partial charge in [-0.15, -0.1) is 0 Å². The molecule has 0 bridgehead atoms. The number of aliphatic imine (C=N–C) groups is 1. The fourth-order valence-corrected chi connectivity index (χ4v) is 3.41. The van der Waals surface area contributed by atoms with E-state index in [4.69, 9.17) is 4.99 Å². The van der Waals surface area contributed by atoms with Crippen molar-refractivity contribution in [1.82, 2.24) is 20.9 Å². The predicted molar refractivity (Wildman–Crippen MR) is 116 cm³/mol. The molecule has 1 fully saturated rings. The van der Waals surface area contributed by atoms with E-state index < -0.39 is 0 Å². The standard InChI is InChI=1S/C22H37N5O/c1-4-18(3)26-21(28)13-14-24-22(23-5-2)25-16-20-12-9-15-27(20)17-19-10-7-6-8-11-19/h6-8,10-11,18,20H,4-5,9,12-17H2,1-3H3,(H,26,28)(H2,23,24,25). The lowest BCUT2D eigenvalue weighted by molar-refractivity contribution is -0.121. The third-order valence-corrected chi connectivity index (χ3v) is 5.20. The van der Waals surface area contributed by atoms with Crippen molar-refractivity contribution in [1.29, 1.82) is 0 Å². The minimum absolute atomic E-state index is 0.0857. The van der Waals surface area contributed by atoms with Crippen LogP contribution in [0.4, 0.5) is 0 Å². The zero-order valence-corrected chi connectivity index (χ0v) is 17.7. The Morgan fingerprint density at radius 2 is 2.04 bits per heavy atom. The Hall–Kier alpha value is -2.08. The van der Waals surface area contributed by atoms with Crippen LogP contribution >= 0.6 is 0 Å². The largest absolute Gasteiger partial charge is 0.357 e. The summed E-state index contributed by atoms with van der Waals surface area (Å²) in [7, 11) is 0. The maximum atomic E-state index is 11.9. The number of likely N-dealkylation sites (tertiary alicyclic amines) is 1. The number of hydrogen-bond donors (Lipinski definition) is 3. The van der Waals surface area contributed by atoms with Crippen molar-refractivity contribution in [3.05, 3.63) is 35.9 Å². The van der Waals surface area contributed by atoms with Crippen molar-refractivity contribution >= 4 is 11.9 Å². The molecule has 1 aromatic rings. The number of nitrogens with one attached hydrogen (secondary N) is 3. The fraction of sp³-hybridized carbons (Fsp3) is 0.636. The number of carbonyl (C=O) groups excluding carboxylic acids is 1. The lowest BCUT2D eigenvalue weighted by Gasteiger charge is -2.23. The summed E-state index contributed by atoms with van der Waals surface area (Å²) in [5.41, 5.74) is 1.36. The van der Waals surface area contributed by atoms with Crippen LogP contribution in [-0.2, 0) is 11.3 Å². The second kappa shape index (κ2) is 12.4. The van der Waals surface area contributed by atoms with E-state index in [9.17, 15) is 4.79 Å². The van der Waals surface area contributed by atoms with Gasteiger partial charge in [-0.05, 0) is 45.2 Å². The lowest BCUT2D eigenvalue weighted by atomic mass is 10.2. The second-order valence-corrected chi connectivity index (χ2v) is 7.53. The molecule has 1 aromatic carbocycles. The van der Waals surface area contributed by atoms with E-state index in [1.807, 2.05) is 6.92 Å². The number of benzene rings is 1. The van der Waals surface area contributed by atoms with Crippen LogP contribution in [0.15, 0.2) is 35.3 Å². The number of nitrogens with zero attached hydrogens (tertiary/aromatic N) is 2. The first-order valence-electron chi connectivity index (χ1n) is 10.7. The van der Waals surface area contributed by atoms with Crippen molar-refractivity contribution in [2.24, 2.45) is 4.99 Å². The van der Waals surface area contributed by atoms with Gasteiger partial charge in [0.1, 0.15) is 0 Å². The predicted octanol–water partition coefficient (Wildman–Crippen LogP) is 2.51. The van der Waals surface area contributed by atoms with Crippen molar-refractivity contribution < 1.29 is 4.79 Å². The Morgan fingerprint density at radius 3 is 2.75 bits per heavy atom. The molecule has 6 nitrogen and oxygen atoms in total. The second-order valence-electron chi connectivity index (χ2n) is 7.53. The maximum absolute atomic E-state index is 11.9. The van der Waals surface area contributed by atoms with Gasteiger partial charge in [-0.2, -0.15) is 0 Å². The molecule has 0 aliphatic carbocycles. The van der Waals surface area contributed by atoms with Gasteiger partial charge in [-0.25, -0.2) is 0 Å². The third kappa shape index (κ3) is 7.89. The van der Waals surface area contributed by atoms with Gasteiger partial charge in [0.25, 0.3) is 0 Å². The first-order chi connectivity index (χ1) is 13.6. The molecule has 156 valence electrons. The van der Waals surface area contributed by atoms with Crippen LogP contribution in [0.2, 0.25) is 0 Å². The molecule has 2 unspecified atom stereocenters. The summed E-state index contributed by atoms with van der Waals surface area (Å²) in [6, 6.07) is 11.3.